The summed E-state index contributed by atoms with van der Waals surface area (Å²) in [6.07, 6.45) is 6.63. The Labute approximate surface area is 156 Å². The van der Waals surface area contributed by atoms with Crippen molar-refractivity contribution in [3.05, 3.63) is 35.9 Å². The SMILES string of the molecule is CC1CCCCC1NC(=O)CN1CCC(NC(=O)c2ccccc2)CC1. The minimum Gasteiger partial charge on any atom is -0.352 e. The summed E-state index contributed by atoms with van der Waals surface area (Å²) >= 11 is 0. The lowest BCUT2D eigenvalue weighted by atomic mass is 9.86. The van der Waals surface area contributed by atoms with Gasteiger partial charge in [0.25, 0.3) is 5.91 Å². The van der Waals surface area contributed by atoms with Gasteiger partial charge in [0.05, 0.1) is 6.54 Å². The van der Waals surface area contributed by atoms with Crippen LogP contribution in [0.25, 0.3) is 0 Å². The molecule has 2 fully saturated rings. The van der Waals surface area contributed by atoms with Gasteiger partial charge in [0.15, 0.2) is 0 Å². The number of benzene rings is 1. The highest BCUT2D eigenvalue weighted by Gasteiger charge is 2.25. The van der Waals surface area contributed by atoms with Crippen molar-refractivity contribution in [3.8, 4) is 0 Å². The average molecular weight is 357 g/mol. The molecule has 5 heteroatoms. The molecule has 1 aromatic carbocycles. The van der Waals surface area contributed by atoms with Gasteiger partial charge >= 0.3 is 0 Å². The summed E-state index contributed by atoms with van der Waals surface area (Å²) in [5.41, 5.74) is 0.705. The van der Waals surface area contributed by atoms with Crippen LogP contribution in [0.3, 0.4) is 0 Å². The van der Waals surface area contributed by atoms with Crippen LogP contribution in [0.4, 0.5) is 0 Å². The van der Waals surface area contributed by atoms with Crippen molar-refractivity contribution in [2.75, 3.05) is 19.6 Å². The van der Waals surface area contributed by atoms with E-state index in [9.17, 15) is 9.59 Å². The van der Waals surface area contributed by atoms with E-state index >= 15 is 0 Å². The van der Waals surface area contributed by atoms with Gasteiger partial charge in [0.1, 0.15) is 0 Å². The fourth-order valence-electron chi connectivity index (χ4n) is 4.08. The third-order valence-corrected chi connectivity index (χ3v) is 5.78. The van der Waals surface area contributed by atoms with Crippen molar-refractivity contribution in [3.63, 3.8) is 0 Å². The van der Waals surface area contributed by atoms with Gasteiger partial charge in [-0.25, -0.2) is 0 Å². The Morgan fingerprint density at radius 2 is 1.69 bits per heavy atom. The minimum atomic E-state index is -0.00641. The number of carbonyl (C=O) groups excluding carboxylic acids is 2. The molecule has 0 aromatic heterocycles. The molecule has 0 bridgehead atoms. The van der Waals surface area contributed by atoms with Crippen LogP contribution >= 0.6 is 0 Å². The van der Waals surface area contributed by atoms with E-state index in [4.69, 9.17) is 0 Å². The van der Waals surface area contributed by atoms with Crippen molar-refractivity contribution in [1.29, 1.82) is 0 Å². The second kappa shape index (κ2) is 9.17. The highest BCUT2D eigenvalue weighted by molar-refractivity contribution is 5.94. The van der Waals surface area contributed by atoms with E-state index in [0.29, 0.717) is 24.1 Å². The van der Waals surface area contributed by atoms with E-state index in [-0.39, 0.29) is 17.9 Å². The maximum Gasteiger partial charge on any atom is 0.251 e. The summed E-state index contributed by atoms with van der Waals surface area (Å²) in [4.78, 5) is 26.8. The molecule has 5 nitrogen and oxygen atoms in total. The van der Waals surface area contributed by atoms with Crippen molar-refractivity contribution in [2.24, 2.45) is 5.92 Å². The maximum atomic E-state index is 12.3. The fraction of sp³-hybridized carbons (Fsp3) is 0.619. The Bertz CT molecular complexity index is 597. The highest BCUT2D eigenvalue weighted by Crippen LogP contribution is 2.23. The lowest BCUT2D eigenvalue weighted by Crippen LogP contribution is -2.49. The van der Waals surface area contributed by atoms with E-state index in [1.807, 2.05) is 30.3 Å². The number of rotatable bonds is 5. The van der Waals surface area contributed by atoms with E-state index in [0.717, 1.165) is 32.4 Å². The van der Waals surface area contributed by atoms with Crippen LogP contribution in [-0.4, -0.2) is 48.4 Å². The van der Waals surface area contributed by atoms with Crippen LogP contribution in [0.5, 0.6) is 0 Å². The molecule has 2 atom stereocenters. The molecule has 2 unspecified atom stereocenters. The summed E-state index contributed by atoms with van der Waals surface area (Å²) in [7, 11) is 0. The number of piperidine rings is 1. The Morgan fingerprint density at radius 1 is 1.00 bits per heavy atom. The topological polar surface area (TPSA) is 61.4 Å². The van der Waals surface area contributed by atoms with E-state index in [2.05, 4.69) is 22.5 Å². The predicted octanol–water partition coefficient (Wildman–Crippen LogP) is 2.58. The summed E-state index contributed by atoms with van der Waals surface area (Å²) in [6, 6.07) is 9.88. The smallest absolute Gasteiger partial charge is 0.251 e. The standard InChI is InChI=1S/C21H31N3O2/c1-16-7-5-6-10-19(16)23-20(25)15-24-13-11-18(12-14-24)22-21(26)17-8-3-2-4-9-17/h2-4,8-9,16,18-19H,5-7,10-15H2,1H3,(H,22,26)(H,23,25). The molecule has 2 N–H and O–H groups in total. The fourth-order valence-corrected chi connectivity index (χ4v) is 4.08. The molecule has 142 valence electrons. The number of amides is 2. The number of nitrogens with zero attached hydrogens (tertiary/aromatic N) is 1. The first-order valence-electron chi connectivity index (χ1n) is 9.99. The van der Waals surface area contributed by atoms with Gasteiger partial charge in [-0.15, -0.1) is 0 Å². The monoisotopic (exact) mass is 357 g/mol. The van der Waals surface area contributed by atoms with Crippen molar-refractivity contribution in [1.82, 2.24) is 15.5 Å². The molecule has 1 saturated heterocycles. The first kappa shape index (κ1) is 18.9. The summed E-state index contributed by atoms with van der Waals surface area (Å²) in [5.74, 6) is 0.732. The van der Waals surface area contributed by atoms with Crippen LogP contribution in [0.2, 0.25) is 0 Å². The molecule has 0 radical (unpaired) electrons. The molecule has 1 aromatic rings. The van der Waals surface area contributed by atoms with E-state index < -0.39 is 0 Å². The number of hydrogen-bond donors (Lipinski definition) is 2. The molecule has 1 heterocycles. The van der Waals surface area contributed by atoms with E-state index in [1.165, 1.54) is 19.3 Å². The first-order chi connectivity index (χ1) is 12.6. The predicted molar refractivity (Wildman–Crippen MR) is 103 cm³/mol. The zero-order chi connectivity index (χ0) is 18.4. The molecule has 2 amide bonds. The first-order valence-corrected chi connectivity index (χ1v) is 9.99. The van der Waals surface area contributed by atoms with Gasteiger partial charge < -0.3 is 10.6 Å². The number of carbonyl (C=O) groups is 2. The van der Waals surface area contributed by atoms with Crippen LogP contribution in [0.15, 0.2) is 30.3 Å². The summed E-state index contributed by atoms with van der Waals surface area (Å²) in [6.45, 7) is 4.42. The third kappa shape index (κ3) is 5.31. The Morgan fingerprint density at radius 3 is 2.38 bits per heavy atom. The second-order valence-corrected chi connectivity index (χ2v) is 7.83. The average Bonchev–Trinajstić information content (AvgIpc) is 2.66. The van der Waals surface area contributed by atoms with Gasteiger partial charge in [-0.3, -0.25) is 14.5 Å². The molecule has 26 heavy (non-hydrogen) atoms. The highest BCUT2D eigenvalue weighted by atomic mass is 16.2. The molecule has 1 aliphatic heterocycles. The molecule has 0 spiro atoms. The van der Waals surface area contributed by atoms with Crippen molar-refractivity contribution in [2.45, 2.75) is 57.5 Å². The zero-order valence-corrected chi connectivity index (χ0v) is 15.7. The Hall–Kier alpha value is -1.88. The number of likely N-dealkylation sites (tertiary alicyclic amines) is 1. The number of hydrogen-bond acceptors (Lipinski definition) is 3. The van der Waals surface area contributed by atoms with Gasteiger partial charge in [-0.05, 0) is 43.7 Å². The molecular weight excluding hydrogens is 326 g/mol. The van der Waals surface area contributed by atoms with Gasteiger partial charge in [0, 0.05) is 30.7 Å². The van der Waals surface area contributed by atoms with Gasteiger partial charge in [0.2, 0.25) is 5.91 Å². The van der Waals surface area contributed by atoms with Crippen LogP contribution < -0.4 is 10.6 Å². The summed E-state index contributed by atoms with van der Waals surface area (Å²) in [5, 5.41) is 6.34. The second-order valence-electron chi connectivity index (χ2n) is 7.83. The van der Waals surface area contributed by atoms with E-state index in [1.54, 1.807) is 0 Å². The summed E-state index contributed by atoms with van der Waals surface area (Å²) < 4.78 is 0. The van der Waals surface area contributed by atoms with Crippen LogP contribution in [0.1, 0.15) is 55.8 Å². The Balaban J connectivity index is 1.38. The van der Waals surface area contributed by atoms with Crippen molar-refractivity contribution < 1.29 is 9.59 Å². The molecule has 1 aliphatic carbocycles. The molecule has 1 saturated carbocycles. The Kier molecular flexibility index (Phi) is 6.67. The van der Waals surface area contributed by atoms with Crippen LogP contribution in [-0.2, 0) is 4.79 Å². The van der Waals surface area contributed by atoms with Crippen molar-refractivity contribution >= 4 is 11.8 Å². The molecular formula is C21H31N3O2. The third-order valence-electron chi connectivity index (χ3n) is 5.78. The zero-order valence-electron chi connectivity index (χ0n) is 15.7. The normalized spacial score (nSPS) is 24.8. The molecule has 3 rings (SSSR count). The maximum absolute atomic E-state index is 12.3. The molecule has 2 aliphatic rings. The number of nitrogens with one attached hydrogen (secondary N) is 2. The lowest BCUT2D eigenvalue weighted by Gasteiger charge is -2.33. The van der Waals surface area contributed by atoms with Gasteiger partial charge in [-0.2, -0.15) is 0 Å². The minimum absolute atomic E-state index is 0.00641. The quantitative estimate of drug-likeness (QED) is 0.851. The largest absolute Gasteiger partial charge is 0.352 e. The van der Waals surface area contributed by atoms with Crippen LogP contribution in [0, 0.1) is 5.92 Å². The van der Waals surface area contributed by atoms with Gasteiger partial charge in [-0.1, -0.05) is 38.0 Å². The lowest BCUT2D eigenvalue weighted by molar-refractivity contribution is -0.123.